The predicted molar refractivity (Wildman–Crippen MR) is 70.3 cm³/mol. The molecule has 1 aliphatic rings. The normalized spacial score (nSPS) is 20.3. The molecule has 0 bridgehead atoms. The lowest BCUT2D eigenvalue weighted by molar-refractivity contribution is -0.147. The van der Waals surface area contributed by atoms with Crippen LogP contribution in [0, 0.1) is 0 Å². The lowest BCUT2D eigenvalue weighted by atomic mass is 10.1. The van der Waals surface area contributed by atoms with Crippen LogP contribution < -0.4 is 5.73 Å². The Labute approximate surface area is 112 Å². The first kappa shape index (κ1) is 13.7. The molecule has 5 heteroatoms. The van der Waals surface area contributed by atoms with Crippen LogP contribution in [0.4, 0.5) is 0 Å². The molecule has 0 aliphatic carbocycles. The Morgan fingerprint density at radius 3 is 2.79 bits per heavy atom. The maximum Gasteiger partial charge on any atom is 0.320 e. The molecule has 0 spiro atoms. The number of piperidine rings is 1. The van der Waals surface area contributed by atoms with E-state index in [1.807, 2.05) is 35.2 Å². The minimum absolute atomic E-state index is 0.0638. The van der Waals surface area contributed by atoms with Crippen LogP contribution in [-0.4, -0.2) is 42.3 Å². The Hall–Kier alpha value is -1.72. The second-order valence-electron chi connectivity index (χ2n) is 4.70. The molecule has 1 aromatic rings. The van der Waals surface area contributed by atoms with Gasteiger partial charge in [0.2, 0.25) is 0 Å². The average Bonchev–Trinajstić information content (AvgIpc) is 2.42. The molecule has 2 rings (SSSR count). The molecular weight excluding hydrogens is 244 g/mol. The average molecular weight is 262 g/mol. The van der Waals surface area contributed by atoms with Crippen LogP contribution in [0.5, 0.6) is 0 Å². The van der Waals surface area contributed by atoms with E-state index in [1.165, 1.54) is 0 Å². The van der Waals surface area contributed by atoms with Gasteiger partial charge in [0.15, 0.2) is 5.78 Å². The molecule has 1 atom stereocenters. The Kier molecular flexibility index (Phi) is 4.65. The zero-order chi connectivity index (χ0) is 13.7. The van der Waals surface area contributed by atoms with Crippen LogP contribution in [0.3, 0.4) is 0 Å². The van der Waals surface area contributed by atoms with Crippen LogP contribution in [0.2, 0.25) is 0 Å². The van der Waals surface area contributed by atoms with Gasteiger partial charge in [-0.2, -0.15) is 0 Å². The number of hydrogen-bond acceptors (Lipinski definition) is 5. The van der Waals surface area contributed by atoms with Gasteiger partial charge in [-0.3, -0.25) is 14.5 Å². The quantitative estimate of drug-likeness (QED) is 0.792. The molecule has 5 nitrogen and oxygen atoms in total. The summed E-state index contributed by atoms with van der Waals surface area (Å²) in [5, 5.41) is 0. The van der Waals surface area contributed by atoms with Crippen molar-refractivity contribution in [3.8, 4) is 0 Å². The SMILES string of the molecule is NC1CN(CC(=O)OCc2ccccc2)CCC1=O. The van der Waals surface area contributed by atoms with Gasteiger partial charge < -0.3 is 10.5 Å². The fourth-order valence-corrected chi connectivity index (χ4v) is 2.03. The number of likely N-dealkylation sites (tertiary alicyclic amines) is 1. The molecule has 0 aromatic heterocycles. The summed E-state index contributed by atoms with van der Waals surface area (Å²) in [6.07, 6.45) is 0.410. The second kappa shape index (κ2) is 6.45. The Morgan fingerprint density at radius 2 is 2.11 bits per heavy atom. The van der Waals surface area contributed by atoms with Crippen LogP contribution in [0.1, 0.15) is 12.0 Å². The molecule has 0 radical (unpaired) electrons. The number of ketones is 1. The van der Waals surface area contributed by atoms with Crippen LogP contribution in [0.15, 0.2) is 30.3 Å². The summed E-state index contributed by atoms with van der Waals surface area (Å²) in [4.78, 5) is 24.8. The number of nitrogens with zero attached hydrogens (tertiary/aromatic N) is 1. The van der Waals surface area contributed by atoms with Crippen molar-refractivity contribution in [3.05, 3.63) is 35.9 Å². The van der Waals surface area contributed by atoms with Gasteiger partial charge in [0.1, 0.15) is 6.61 Å². The standard InChI is InChI=1S/C14H18N2O3/c15-12-8-16(7-6-13(12)17)9-14(18)19-10-11-4-2-1-3-5-11/h1-5,12H,6-10,15H2. The van der Waals surface area contributed by atoms with Gasteiger partial charge in [0, 0.05) is 19.5 Å². The highest BCUT2D eigenvalue weighted by Crippen LogP contribution is 2.06. The van der Waals surface area contributed by atoms with Gasteiger partial charge in [-0.05, 0) is 5.56 Å². The van der Waals surface area contributed by atoms with Crippen molar-refractivity contribution in [1.82, 2.24) is 4.90 Å². The zero-order valence-corrected chi connectivity index (χ0v) is 10.7. The van der Waals surface area contributed by atoms with Gasteiger partial charge in [-0.25, -0.2) is 0 Å². The molecule has 102 valence electrons. The minimum Gasteiger partial charge on any atom is -0.460 e. The molecule has 0 saturated carbocycles. The van der Waals surface area contributed by atoms with E-state index in [2.05, 4.69) is 0 Å². The molecule has 1 aliphatic heterocycles. The predicted octanol–water partition coefficient (Wildman–Crippen LogP) is 0.332. The first-order valence-corrected chi connectivity index (χ1v) is 6.35. The second-order valence-corrected chi connectivity index (χ2v) is 4.70. The monoisotopic (exact) mass is 262 g/mol. The van der Waals surface area contributed by atoms with Gasteiger partial charge >= 0.3 is 5.97 Å². The third-order valence-corrected chi connectivity index (χ3v) is 3.14. The molecule has 19 heavy (non-hydrogen) atoms. The maximum atomic E-state index is 11.7. The molecule has 0 amide bonds. The number of hydrogen-bond donors (Lipinski definition) is 1. The third kappa shape index (κ3) is 4.15. The lowest BCUT2D eigenvalue weighted by Crippen LogP contribution is -2.50. The summed E-state index contributed by atoms with van der Waals surface area (Å²) in [7, 11) is 0. The van der Waals surface area contributed by atoms with E-state index < -0.39 is 6.04 Å². The zero-order valence-electron chi connectivity index (χ0n) is 10.7. The van der Waals surface area contributed by atoms with E-state index in [4.69, 9.17) is 10.5 Å². The largest absolute Gasteiger partial charge is 0.460 e. The molecule has 1 heterocycles. The van der Waals surface area contributed by atoms with E-state index in [9.17, 15) is 9.59 Å². The van der Waals surface area contributed by atoms with E-state index in [-0.39, 0.29) is 24.9 Å². The topological polar surface area (TPSA) is 72.6 Å². The van der Waals surface area contributed by atoms with Crippen molar-refractivity contribution in [2.45, 2.75) is 19.1 Å². The number of benzene rings is 1. The summed E-state index contributed by atoms with van der Waals surface area (Å²) in [5.74, 6) is -0.223. The first-order valence-electron chi connectivity index (χ1n) is 6.35. The number of nitrogens with two attached hydrogens (primary N) is 1. The van der Waals surface area contributed by atoms with Crippen molar-refractivity contribution in [3.63, 3.8) is 0 Å². The summed E-state index contributed by atoms with van der Waals surface area (Å²) in [6, 6.07) is 9.05. The number of esters is 1. The fourth-order valence-electron chi connectivity index (χ4n) is 2.03. The van der Waals surface area contributed by atoms with Crippen LogP contribution >= 0.6 is 0 Å². The molecule has 1 saturated heterocycles. The van der Waals surface area contributed by atoms with Crippen molar-refractivity contribution in [1.29, 1.82) is 0 Å². The van der Waals surface area contributed by atoms with Crippen LogP contribution in [-0.2, 0) is 20.9 Å². The highest BCUT2D eigenvalue weighted by Gasteiger charge is 2.25. The number of rotatable bonds is 4. The lowest BCUT2D eigenvalue weighted by Gasteiger charge is -2.28. The number of Topliss-reactive ketones (excluding diaryl/α,β-unsaturated/α-hetero) is 1. The molecule has 1 aromatic carbocycles. The third-order valence-electron chi connectivity index (χ3n) is 3.14. The molecule has 1 fully saturated rings. The van der Waals surface area contributed by atoms with Crippen molar-refractivity contribution in [2.24, 2.45) is 5.73 Å². The summed E-state index contributed by atoms with van der Waals surface area (Å²) in [6.45, 7) is 1.47. The summed E-state index contributed by atoms with van der Waals surface area (Å²) >= 11 is 0. The van der Waals surface area contributed by atoms with Crippen LogP contribution in [0.25, 0.3) is 0 Å². The Bertz CT molecular complexity index is 447. The summed E-state index contributed by atoms with van der Waals surface area (Å²) < 4.78 is 5.19. The van der Waals surface area contributed by atoms with Gasteiger partial charge in [-0.15, -0.1) is 0 Å². The number of carbonyl (C=O) groups is 2. The number of carbonyl (C=O) groups excluding carboxylic acids is 2. The summed E-state index contributed by atoms with van der Waals surface area (Å²) in [5.41, 5.74) is 6.63. The van der Waals surface area contributed by atoms with Gasteiger partial charge in [-0.1, -0.05) is 30.3 Å². The fraction of sp³-hybridized carbons (Fsp3) is 0.429. The first-order chi connectivity index (χ1) is 9.15. The van der Waals surface area contributed by atoms with Crippen molar-refractivity contribution >= 4 is 11.8 Å². The van der Waals surface area contributed by atoms with Gasteiger partial charge in [0.05, 0.1) is 12.6 Å². The Balaban J connectivity index is 1.74. The highest BCUT2D eigenvalue weighted by atomic mass is 16.5. The van der Waals surface area contributed by atoms with E-state index in [0.717, 1.165) is 5.56 Å². The maximum absolute atomic E-state index is 11.7. The van der Waals surface area contributed by atoms with E-state index in [1.54, 1.807) is 0 Å². The van der Waals surface area contributed by atoms with Crippen molar-refractivity contribution in [2.75, 3.05) is 19.6 Å². The molecular formula is C14H18N2O3. The minimum atomic E-state index is -0.476. The van der Waals surface area contributed by atoms with Gasteiger partial charge in [0.25, 0.3) is 0 Å². The Morgan fingerprint density at radius 1 is 1.37 bits per heavy atom. The molecule has 2 N–H and O–H groups in total. The molecule has 1 unspecified atom stereocenters. The van der Waals surface area contributed by atoms with Crippen molar-refractivity contribution < 1.29 is 14.3 Å². The van der Waals surface area contributed by atoms with E-state index >= 15 is 0 Å². The van der Waals surface area contributed by atoms with E-state index in [0.29, 0.717) is 19.5 Å². The smallest absolute Gasteiger partial charge is 0.320 e. The number of ether oxygens (including phenoxy) is 1. The highest BCUT2D eigenvalue weighted by molar-refractivity contribution is 5.85.